The normalized spacial score (nSPS) is 19.7. The SMILES string of the molecule is CCC(C(=O)N1CCC2(CC1)OCCO2)n1c2ccccc2c2cnn(C)c(=O)c21. The van der Waals surface area contributed by atoms with E-state index in [1.807, 2.05) is 40.7 Å². The first-order valence-electron chi connectivity index (χ1n) is 10.6. The maximum atomic E-state index is 13.6. The lowest BCUT2D eigenvalue weighted by molar-refractivity contribution is -0.188. The number of hydrogen-bond donors (Lipinski definition) is 0. The summed E-state index contributed by atoms with van der Waals surface area (Å²) in [5.74, 6) is -0.487. The number of ether oxygens (including phenoxy) is 2. The summed E-state index contributed by atoms with van der Waals surface area (Å²) in [6, 6.07) is 7.37. The average molecular weight is 410 g/mol. The van der Waals surface area contributed by atoms with Crippen LogP contribution in [-0.2, 0) is 21.3 Å². The van der Waals surface area contributed by atoms with Crippen molar-refractivity contribution in [3.63, 3.8) is 0 Å². The first-order valence-corrected chi connectivity index (χ1v) is 10.6. The van der Waals surface area contributed by atoms with Gasteiger partial charge in [-0.15, -0.1) is 0 Å². The number of likely N-dealkylation sites (tertiary alicyclic amines) is 1. The Hall–Kier alpha value is -2.71. The number of piperidine rings is 1. The number of nitrogens with zero attached hydrogens (tertiary/aromatic N) is 4. The lowest BCUT2D eigenvalue weighted by Crippen LogP contribution is -2.49. The monoisotopic (exact) mass is 410 g/mol. The fraction of sp³-hybridized carbons (Fsp3) is 0.500. The van der Waals surface area contributed by atoms with Crippen molar-refractivity contribution in [2.24, 2.45) is 7.05 Å². The van der Waals surface area contributed by atoms with Crippen LogP contribution < -0.4 is 5.56 Å². The minimum atomic E-state index is -0.521. The van der Waals surface area contributed by atoms with Gasteiger partial charge in [0.25, 0.3) is 5.56 Å². The first-order chi connectivity index (χ1) is 14.5. The molecule has 158 valence electrons. The Balaban J connectivity index is 1.57. The number of carbonyl (C=O) groups is 1. The number of amides is 1. The van der Waals surface area contributed by atoms with E-state index < -0.39 is 11.8 Å². The molecule has 8 heteroatoms. The zero-order valence-electron chi connectivity index (χ0n) is 17.3. The Labute approximate surface area is 174 Å². The molecule has 0 bridgehead atoms. The molecule has 2 aliphatic heterocycles. The van der Waals surface area contributed by atoms with Crippen LogP contribution >= 0.6 is 0 Å². The van der Waals surface area contributed by atoms with E-state index in [0.29, 0.717) is 51.1 Å². The third kappa shape index (κ3) is 2.86. The van der Waals surface area contributed by atoms with Crippen LogP contribution in [0.5, 0.6) is 0 Å². The Kier molecular flexibility index (Phi) is 4.63. The molecular weight excluding hydrogens is 384 g/mol. The van der Waals surface area contributed by atoms with Crippen molar-refractivity contribution >= 4 is 27.7 Å². The van der Waals surface area contributed by atoms with Crippen LogP contribution in [0, 0.1) is 0 Å². The molecule has 30 heavy (non-hydrogen) atoms. The van der Waals surface area contributed by atoms with Gasteiger partial charge >= 0.3 is 0 Å². The molecule has 3 aromatic rings. The molecule has 5 rings (SSSR count). The summed E-state index contributed by atoms with van der Waals surface area (Å²) in [4.78, 5) is 28.5. The first kappa shape index (κ1) is 19.3. The van der Waals surface area contributed by atoms with Gasteiger partial charge in [-0.25, -0.2) is 4.68 Å². The van der Waals surface area contributed by atoms with E-state index in [1.54, 1.807) is 13.2 Å². The van der Waals surface area contributed by atoms with Crippen LogP contribution in [0.15, 0.2) is 35.3 Å². The molecule has 2 fully saturated rings. The highest BCUT2D eigenvalue weighted by molar-refractivity contribution is 6.08. The molecule has 8 nitrogen and oxygen atoms in total. The van der Waals surface area contributed by atoms with Gasteiger partial charge in [0.15, 0.2) is 5.79 Å². The fourth-order valence-corrected chi connectivity index (χ4v) is 4.84. The number of benzene rings is 1. The van der Waals surface area contributed by atoms with E-state index in [4.69, 9.17) is 9.47 Å². The van der Waals surface area contributed by atoms with Crippen molar-refractivity contribution in [3.05, 3.63) is 40.8 Å². The summed E-state index contributed by atoms with van der Waals surface area (Å²) < 4.78 is 14.8. The van der Waals surface area contributed by atoms with E-state index in [1.165, 1.54) is 4.68 Å². The summed E-state index contributed by atoms with van der Waals surface area (Å²) in [5.41, 5.74) is 1.22. The number of carbonyl (C=O) groups excluding carboxylic acids is 1. The van der Waals surface area contributed by atoms with Gasteiger partial charge < -0.3 is 18.9 Å². The van der Waals surface area contributed by atoms with Crippen molar-refractivity contribution in [1.29, 1.82) is 0 Å². The molecule has 1 spiro atoms. The number of para-hydroxylation sites is 1. The molecule has 1 unspecified atom stereocenters. The van der Waals surface area contributed by atoms with Crippen LogP contribution in [0.1, 0.15) is 32.2 Å². The number of aryl methyl sites for hydroxylation is 1. The molecule has 1 atom stereocenters. The predicted molar refractivity (Wildman–Crippen MR) is 112 cm³/mol. The lowest BCUT2D eigenvalue weighted by Gasteiger charge is -2.39. The smallest absolute Gasteiger partial charge is 0.291 e. The molecule has 1 aromatic carbocycles. The number of hydrogen-bond acceptors (Lipinski definition) is 5. The van der Waals surface area contributed by atoms with Gasteiger partial charge in [-0.3, -0.25) is 9.59 Å². The van der Waals surface area contributed by atoms with Crippen molar-refractivity contribution in [2.45, 2.75) is 38.0 Å². The molecule has 0 saturated carbocycles. The van der Waals surface area contributed by atoms with Gasteiger partial charge in [0.05, 0.1) is 24.9 Å². The van der Waals surface area contributed by atoms with E-state index in [0.717, 1.165) is 16.3 Å². The number of aromatic nitrogens is 3. The number of rotatable bonds is 3. The topological polar surface area (TPSA) is 78.6 Å². The Morgan fingerprint density at radius 2 is 1.87 bits per heavy atom. The molecule has 2 saturated heterocycles. The van der Waals surface area contributed by atoms with Gasteiger partial charge in [-0.05, 0) is 12.5 Å². The molecule has 2 aliphatic rings. The minimum absolute atomic E-state index is 0.0341. The Morgan fingerprint density at radius 3 is 2.57 bits per heavy atom. The second kappa shape index (κ2) is 7.21. The second-order valence-electron chi connectivity index (χ2n) is 8.08. The highest BCUT2D eigenvalue weighted by Gasteiger charge is 2.42. The Morgan fingerprint density at radius 1 is 1.17 bits per heavy atom. The molecule has 4 heterocycles. The fourth-order valence-electron chi connectivity index (χ4n) is 4.84. The zero-order chi connectivity index (χ0) is 20.9. The van der Waals surface area contributed by atoms with E-state index >= 15 is 0 Å². The highest BCUT2D eigenvalue weighted by atomic mass is 16.7. The van der Waals surface area contributed by atoms with E-state index in [2.05, 4.69) is 5.10 Å². The summed E-state index contributed by atoms with van der Waals surface area (Å²) in [7, 11) is 1.64. The average Bonchev–Trinajstić information content (AvgIpc) is 3.35. The molecule has 0 radical (unpaired) electrons. The summed E-state index contributed by atoms with van der Waals surface area (Å²) in [6.45, 7) is 4.40. The van der Waals surface area contributed by atoms with Crippen LogP contribution in [0.2, 0.25) is 0 Å². The quantitative estimate of drug-likeness (QED) is 0.662. The zero-order valence-corrected chi connectivity index (χ0v) is 17.3. The molecular formula is C22H26N4O4. The predicted octanol–water partition coefficient (Wildman–Crippen LogP) is 2.20. The third-order valence-corrected chi connectivity index (χ3v) is 6.44. The van der Waals surface area contributed by atoms with Gasteiger partial charge in [0.2, 0.25) is 5.91 Å². The molecule has 0 aliphatic carbocycles. The van der Waals surface area contributed by atoms with Crippen LogP contribution in [0.4, 0.5) is 0 Å². The maximum Gasteiger partial charge on any atom is 0.291 e. The van der Waals surface area contributed by atoms with Gasteiger partial charge in [0, 0.05) is 43.8 Å². The molecule has 1 amide bonds. The van der Waals surface area contributed by atoms with Crippen LogP contribution in [-0.4, -0.2) is 57.2 Å². The summed E-state index contributed by atoms with van der Waals surface area (Å²) in [5, 5.41) is 5.92. The Bertz CT molecular complexity index is 1170. The highest BCUT2D eigenvalue weighted by Crippen LogP contribution is 2.35. The van der Waals surface area contributed by atoms with Crippen molar-refractivity contribution < 1.29 is 14.3 Å². The van der Waals surface area contributed by atoms with Crippen molar-refractivity contribution in [3.8, 4) is 0 Å². The largest absolute Gasteiger partial charge is 0.347 e. The maximum absolute atomic E-state index is 13.6. The minimum Gasteiger partial charge on any atom is -0.347 e. The van der Waals surface area contributed by atoms with Crippen molar-refractivity contribution in [1.82, 2.24) is 19.2 Å². The summed E-state index contributed by atoms with van der Waals surface area (Å²) >= 11 is 0. The standard InChI is InChI=1S/C22H26N4O4/c1-3-17(20(27)25-10-8-22(9-11-25)29-12-13-30-22)26-18-7-5-4-6-15(18)16-14-23-24(2)21(28)19(16)26/h4-7,14,17H,3,8-13H2,1-2H3. The second-order valence-corrected chi connectivity index (χ2v) is 8.08. The molecule has 2 aromatic heterocycles. The van der Waals surface area contributed by atoms with Gasteiger partial charge in [-0.1, -0.05) is 25.1 Å². The van der Waals surface area contributed by atoms with E-state index in [-0.39, 0.29) is 11.5 Å². The van der Waals surface area contributed by atoms with E-state index in [9.17, 15) is 9.59 Å². The van der Waals surface area contributed by atoms with Crippen LogP contribution in [0.3, 0.4) is 0 Å². The lowest BCUT2D eigenvalue weighted by atomic mass is 10.0. The summed E-state index contributed by atoms with van der Waals surface area (Å²) in [6.07, 6.45) is 3.65. The van der Waals surface area contributed by atoms with Gasteiger partial charge in [-0.2, -0.15) is 5.10 Å². The molecule has 0 N–H and O–H groups in total. The van der Waals surface area contributed by atoms with Gasteiger partial charge in [0.1, 0.15) is 11.6 Å². The van der Waals surface area contributed by atoms with Crippen LogP contribution in [0.25, 0.3) is 21.8 Å². The third-order valence-electron chi connectivity index (χ3n) is 6.44. The van der Waals surface area contributed by atoms with Crippen molar-refractivity contribution in [2.75, 3.05) is 26.3 Å². The number of fused-ring (bicyclic) bond motifs is 3.